The summed E-state index contributed by atoms with van der Waals surface area (Å²) >= 11 is 6.12. The van der Waals surface area contributed by atoms with E-state index in [0.29, 0.717) is 33.7 Å². The summed E-state index contributed by atoms with van der Waals surface area (Å²) in [6.07, 6.45) is 0. The van der Waals surface area contributed by atoms with E-state index in [1.54, 1.807) is 26.0 Å². The first-order valence-corrected chi connectivity index (χ1v) is 6.46. The maximum atomic E-state index is 13.8. The van der Waals surface area contributed by atoms with Crippen molar-refractivity contribution in [1.82, 2.24) is 9.97 Å². The zero-order chi connectivity index (χ0) is 14.7. The molecule has 2 aromatic rings. The lowest BCUT2D eigenvalue weighted by Crippen LogP contribution is -2.06. The minimum atomic E-state index is -0.338. The number of nitrogens with zero attached hydrogens (tertiary/aromatic N) is 2. The Morgan fingerprint density at radius 1 is 1.30 bits per heavy atom. The highest BCUT2D eigenvalue weighted by atomic mass is 35.5. The number of ether oxygens (including phenoxy) is 1. The van der Waals surface area contributed by atoms with Crippen molar-refractivity contribution in [2.24, 2.45) is 0 Å². The van der Waals surface area contributed by atoms with E-state index in [-0.39, 0.29) is 12.4 Å². The van der Waals surface area contributed by atoms with E-state index in [4.69, 9.17) is 16.3 Å². The molecule has 20 heavy (non-hydrogen) atoms. The highest BCUT2D eigenvalue weighted by Crippen LogP contribution is 2.23. The molecule has 1 aromatic heterocycles. The molecule has 0 saturated carbocycles. The molecule has 0 bridgehead atoms. The Morgan fingerprint density at radius 2 is 2.05 bits per heavy atom. The molecule has 1 heterocycles. The van der Waals surface area contributed by atoms with Crippen molar-refractivity contribution >= 4 is 17.4 Å². The van der Waals surface area contributed by atoms with Gasteiger partial charge in [0.2, 0.25) is 0 Å². The molecule has 0 aliphatic heterocycles. The summed E-state index contributed by atoms with van der Waals surface area (Å²) in [5.74, 6) is 1.27. The van der Waals surface area contributed by atoms with Crippen LogP contribution in [-0.2, 0) is 6.54 Å². The van der Waals surface area contributed by atoms with Crippen molar-refractivity contribution in [2.75, 3.05) is 12.4 Å². The van der Waals surface area contributed by atoms with Gasteiger partial charge in [-0.2, -0.15) is 0 Å². The van der Waals surface area contributed by atoms with Crippen molar-refractivity contribution < 1.29 is 9.13 Å². The van der Waals surface area contributed by atoms with Gasteiger partial charge < -0.3 is 10.1 Å². The number of nitrogens with one attached hydrogen (secondary N) is 1. The SMILES string of the molecule is COc1ccc(CNc2nc(C)nc(C)c2Cl)c(F)c1. The average molecular weight is 296 g/mol. The van der Waals surface area contributed by atoms with E-state index in [1.165, 1.54) is 13.2 Å². The van der Waals surface area contributed by atoms with Crippen LogP contribution in [0.5, 0.6) is 5.75 Å². The van der Waals surface area contributed by atoms with Crippen molar-refractivity contribution in [3.8, 4) is 5.75 Å². The topological polar surface area (TPSA) is 47.0 Å². The van der Waals surface area contributed by atoms with Crippen LogP contribution in [0.3, 0.4) is 0 Å². The summed E-state index contributed by atoms with van der Waals surface area (Å²) < 4.78 is 18.8. The van der Waals surface area contributed by atoms with Crippen molar-refractivity contribution in [1.29, 1.82) is 0 Å². The minimum absolute atomic E-state index is 0.283. The summed E-state index contributed by atoms with van der Waals surface area (Å²) in [7, 11) is 1.50. The molecule has 1 aromatic carbocycles. The number of hydrogen-bond acceptors (Lipinski definition) is 4. The van der Waals surface area contributed by atoms with E-state index in [0.717, 1.165) is 0 Å². The van der Waals surface area contributed by atoms with Crippen LogP contribution in [0.1, 0.15) is 17.1 Å². The Hall–Kier alpha value is -1.88. The van der Waals surface area contributed by atoms with Gasteiger partial charge in [-0.3, -0.25) is 0 Å². The second kappa shape index (κ2) is 6.05. The molecule has 0 fully saturated rings. The van der Waals surface area contributed by atoms with Crippen LogP contribution in [-0.4, -0.2) is 17.1 Å². The molecule has 6 heteroatoms. The average Bonchev–Trinajstić information content (AvgIpc) is 2.42. The first kappa shape index (κ1) is 14.5. The summed E-state index contributed by atoms with van der Waals surface area (Å²) in [6.45, 7) is 3.87. The van der Waals surface area contributed by atoms with Crippen LogP contribution in [0.15, 0.2) is 18.2 Å². The van der Waals surface area contributed by atoms with Crippen molar-refractivity contribution in [3.63, 3.8) is 0 Å². The number of aryl methyl sites for hydroxylation is 2. The monoisotopic (exact) mass is 295 g/mol. The van der Waals surface area contributed by atoms with E-state index in [2.05, 4.69) is 15.3 Å². The normalized spacial score (nSPS) is 10.4. The maximum absolute atomic E-state index is 13.8. The number of rotatable bonds is 4. The van der Waals surface area contributed by atoms with Gasteiger partial charge in [-0.05, 0) is 19.9 Å². The van der Waals surface area contributed by atoms with Gasteiger partial charge in [0.05, 0.1) is 12.8 Å². The minimum Gasteiger partial charge on any atom is -0.497 e. The van der Waals surface area contributed by atoms with E-state index < -0.39 is 0 Å². The maximum Gasteiger partial charge on any atom is 0.149 e. The molecule has 1 N–H and O–H groups in total. The quantitative estimate of drug-likeness (QED) is 0.938. The van der Waals surface area contributed by atoms with Crippen LogP contribution in [0.2, 0.25) is 5.02 Å². The zero-order valence-corrected chi connectivity index (χ0v) is 12.3. The first-order valence-electron chi connectivity index (χ1n) is 6.08. The Morgan fingerprint density at radius 3 is 2.70 bits per heavy atom. The fraction of sp³-hybridized carbons (Fsp3) is 0.286. The largest absolute Gasteiger partial charge is 0.497 e. The molecule has 0 aliphatic carbocycles. The van der Waals surface area contributed by atoms with Crippen LogP contribution in [0.25, 0.3) is 0 Å². The second-order valence-electron chi connectivity index (χ2n) is 4.33. The summed E-state index contributed by atoms with van der Waals surface area (Å²) in [5.41, 5.74) is 1.20. The molecule has 4 nitrogen and oxygen atoms in total. The van der Waals surface area contributed by atoms with Crippen LogP contribution in [0, 0.1) is 19.7 Å². The molecular weight excluding hydrogens is 281 g/mol. The van der Waals surface area contributed by atoms with E-state index in [1.807, 2.05) is 0 Å². The lowest BCUT2D eigenvalue weighted by molar-refractivity contribution is 0.411. The van der Waals surface area contributed by atoms with Gasteiger partial charge >= 0.3 is 0 Å². The fourth-order valence-corrected chi connectivity index (χ4v) is 1.94. The number of hydrogen-bond donors (Lipinski definition) is 1. The zero-order valence-electron chi connectivity index (χ0n) is 11.5. The third kappa shape index (κ3) is 3.17. The smallest absolute Gasteiger partial charge is 0.149 e. The Bertz CT molecular complexity index is 634. The molecule has 0 amide bonds. The molecule has 0 radical (unpaired) electrons. The highest BCUT2D eigenvalue weighted by molar-refractivity contribution is 6.33. The summed E-state index contributed by atoms with van der Waals surface area (Å²) in [5, 5.41) is 3.47. The molecule has 0 atom stereocenters. The lowest BCUT2D eigenvalue weighted by Gasteiger charge is -2.11. The Labute approximate surface area is 122 Å². The Kier molecular flexibility index (Phi) is 4.39. The lowest BCUT2D eigenvalue weighted by atomic mass is 10.2. The number of benzene rings is 1. The van der Waals surface area contributed by atoms with Gasteiger partial charge in [0.1, 0.15) is 28.2 Å². The Balaban J connectivity index is 2.17. The number of halogens is 2. The highest BCUT2D eigenvalue weighted by Gasteiger charge is 2.09. The van der Waals surface area contributed by atoms with E-state index >= 15 is 0 Å². The predicted molar refractivity (Wildman–Crippen MR) is 76.8 cm³/mol. The van der Waals surface area contributed by atoms with Gasteiger partial charge in [0, 0.05) is 18.2 Å². The summed E-state index contributed by atoms with van der Waals surface area (Å²) in [4.78, 5) is 8.37. The molecule has 2 rings (SSSR count). The molecule has 0 unspecified atom stereocenters. The van der Waals surface area contributed by atoms with Gasteiger partial charge in [0.25, 0.3) is 0 Å². The molecule has 0 spiro atoms. The third-order valence-corrected chi connectivity index (χ3v) is 3.29. The molecular formula is C14H15ClFN3O. The van der Waals surface area contributed by atoms with Crippen LogP contribution >= 0.6 is 11.6 Å². The van der Waals surface area contributed by atoms with Crippen LogP contribution in [0.4, 0.5) is 10.2 Å². The second-order valence-corrected chi connectivity index (χ2v) is 4.71. The van der Waals surface area contributed by atoms with Crippen molar-refractivity contribution in [2.45, 2.75) is 20.4 Å². The number of aromatic nitrogens is 2. The predicted octanol–water partition coefficient (Wildman–Crippen LogP) is 3.51. The van der Waals surface area contributed by atoms with Gasteiger partial charge in [-0.25, -0.2) is 14.4 Å². The van der Waals surface area contributed by atoms with E-state index in [9.17, 15) is 4.39 Å². The standard InChI is InChI=1S/C14H15ClFN3O/c1-8-13(15)14(19-9(2)18-8)17-7-10-4-5-11(20-3)6-12(10)16/h4-6H,7H2,1-3H3,(H,17,18,19). The van der Waals surface area contributed by atoms with Crippen molar-refractivity contribution in [3.05, 3.63) is 46.1 Å². The molecule has 106 valence electrons. The fourth-order valence-electron chi connectivity index (χ4n) is 1.79. The van der Waals surface area contributed by atoms with Gasteiger partial charge in [0.15, 0.2) is 0 Å². The third-order valence-electron chi connectivity index (χ3n) is 2.84. The van der Waals surface area contributed by atoms with Crippen LogP contribution < -0.4 is 10.1 Å². The summed E-state index contributed by atoms with van der Waals surface area (Å²) in [6, 6.07) is 4.71. The van der Waals surface area contributed by atoms with Gasteiger partial charge in [-0.15, -0.1) is 0 Å². The van der Waals surface area contributed by atoms with Gasteiger partial charge in [-0.1, -0.05) is 17.7 Å². The number of anilines is 1. The number of methoxy groups -OCH3 is 1. The first-order chi connectivity index (χ1) is 9.51. The molecule has 0 aliphatic rings. The molecule has 0 saturated heterocycles.